The van der Waals surface area contributed by atoms with Gasteiger partial charge >= 0.3 is 0 Å². The van der Waals surface area contributed by atoms with Gasteiger partial charge < -0.3 is 9.88 Å². The van der Waals surface area contributed by atoms with Crippen molar-refractivity contribution in [3.05, 3.63) is 94.4 Å². The Kier molecular flexibility index (Phi) is 4.76. The minimum absolute atomic E-state index is 0.134. The van der Waals surface area contributed by atoms with Gasteiger partial charge in [0.1, 0.15) is 0 Å². The van der Waals surface area contributed by atoms with E-state index >= 15 is 0 Å². The monoisotopic (exact) mass is 320 g/mol. The Morgan fingerprint density at radius 2 is 1.75 bits per heavy atom. The van der Waals surface area contributed by atoms with Crippen molar-refractivity contribution in [3.8, 4) is 0 Å². The van der Waals surface area contributed by atoms with Crippen LogP contribution in [0.1, 0.15) is 21.5 Å². The van der Waals surface area contributed by atoms with Crippen LogP contribution in [0.25, 0.3) is 0 Å². The van der Waals surface area contributed by atoms with Crippen molar-refractivity contribution in [2.24, 2.45) is 0 Å². The van der Waals surface area contributed by atoms with E-state index in [1.54, 1.807) is 35.3 Å². The SMILES string of the molecule is O=C(NCc1ccc(Cn2ccncc2=O)cc1)c1cccnc1. The van der Waals surface area contributed by atoms with E-state index in [-0.39, 0.29) is 11.5 Å². The highest BCUT2D eigenvalue weighted by molar-refractivity contribution is 5.93. The Hall–Kier alpha value is -3.28. The van der Waals surface area contributed by atoms with Crippen molar-refractivity contribution in [3.63, 3.8) is 0 Å². The number of rotatable bonds is 5. The van der Waals surface area contributed by atoms with Crippen LogP contribution in [0.5, 0.6) is 0 Å². The van der Waals surface area contributed by atoms with Crippen molar-refractivity contribution in [2.45, 2.75) is 13.1 Å². The summed E-state index contributed by atoms with van der Waals surface area (Å²) in [6, 6.07) is 11.2. The third-order valence-electron chi connectivity index (χ3n) is 3.55. The molecule has 6 heteroatoms. The second kappa shape index (κ2) is 7.32. The molecule has 0 radical (unpaired) electrons. The van der Waals surface area contributed by atoms with Crippen LogP contribution in [0.2, 0.25) is 0 Å². The predicted molar refractivity (Wildman–Crippen MR) is 89.4 cm³/mol. The molecule has 3 rings (SSSR count). The van der Waals surface area contributed by atoms with Crippen molar-refractivity contribution in [1.82, 2.24) is 19.9 Å². The van der Waals surface area contributed by atoms with Crippen molar-refractivity contribution >= 4 is 5.91 Å². The van der Waals surface area contributed by atoms with E-state index in [4.69, 9.17) is 0 Å². The molecule has 0 spiro atoms. The van der Waals surface area contributed by atoms with Gasteiger partial charge in [0, 0.05) is 31.3 Å². The van der Waals surface area contributed by atoms with Crippen LogP contribution in [-0.2, 0) is 13.1 Å². The van der Waals surface area contributed by atoms with Crippen LogP contribution in [-0.4, -0.2) is 20.4 Å². The molecule has 0 atom stereocenters. The number of carbonyl (C=O) groups excluding carboxylic acids is 1. The number of benzene rings is 1. The highest BCUT2D eigenvalue weighted by Gasteiger charge is 2.04. The standard InChI is InChI=1S/C18H16N4O2/c23-17-12-20-8-9-22(17)13-15-5-3-14(4-6-15)10-21-18(24)16-2-1-7-19-11-16/h1-9,11-12H,10,13H2,(H,21,24). The van der Waals surface area contributed by atoms with E-state index in [1.165, 1.54) is 12.4 Å². The quantitative estimate of drug-likeness (QED) is 0.775. The van der Waals surface area contributed by atoms with Gasteiger partial charge in [-0.1, -0.05) is 24.3 Å². The van der Waals surface area contributed by atoms with Gasteiger partial charge in [-0.05, 0) is 23.3 Å². The van der Waals surface area contributed by atoms with Gasteiger partial charge in [-0.25, -0.2) is 0 Å². The topological polar surface area (TPSA) is 76.9 Å². The Labute approximate surface area is 138 Å². The maximum atomic E-state index is 12.0. The summed E-state index contributed by atoms with van der Waals surface area (Å²) < 4.78 is 1.59. The number of hydrogen-bond donors (Lipinski definition) is 1. The first-order valence-electron chi connectivity index (χ1n) is 7.49. The Morgan fingerprint density at radius 1 is 1.00 bits per heavy atom. The van der Waals surface area contributed by atoms with E-state index in [2.05, 4.69) is 15.3 Å². The van der Waals surface area contributed by atoms with Crippen molar-refractivity contribution in [2.75, 3.05) is 0 Å². The predicted octanol–water partition coefficient (Wildman–Crippen LogP) is 1.62. The lowest BCUT2D eigenvalue weighted by Gasteiger charge is -2.08. The minimum Gasteiger partial charge on any atom is -0.348 e. The van der Waals surface area contributed by atoms with Gasteiger partial charge in [0.2, 0.25) is 0 Å². The number of carbonyl (C=O) groups is 1. The van der Waals surface area contributed by atoms with Gasteiger partial charge in [-0.3, -0.25) is 19.6 Å². The molecule has 2 heterocycles. The number of nitrogens with one attached hydrogen (secondary N) is 1. The van der Waals surface area contributed by atoms with Gasteiger partial charge in [0.05, 0.1) is 18.3 Å². The van der Waals surface area contributed by atoms with Gasteiger partial charge in [-0.2, -0.15) is 0 Å². The molecule has 0 aliphatic heterocycles. The number of amides is 1. The normalized spacial score (nSPS) is 10.3. The maximum absolute atomic E-state index is 12.0. The number of nitrogens with zero attached hydrogens (tertiary/aromatic N) is 3. The first-order chi connectivity index (χ1) is 11.7. The summed E-state index contributed by atoms with van der Waals surface area (Å²) in [5.74, 6) is -0.157. The fourth-order valence-electron chi connectivity index (χ4n) is 2.24. The molecule has 24 heavy (non-hydrogen) atoms. The summed E-state index contributed by atoms with van der Waals surface area (Å²) in [5, 5.41) is 2.85. The van der Waals surface area contributed by atoms with Gasteiger partial charge in [-0.15, -0.1) is 0 Å². The summed E-state index contributed by atoms with van der Waals surface area (Å²) in [7, 11) is 0. The molecule has 1 aromatic carbocycles. The largest absolute Gasteiger partial charge is 0.348 e. The van der Waals surface area contributed by atoms with E-state index < -0.39 is 0 Å². The molecule has 0 fully saturated rings. The molecule has 0 aliphatic carbocycles. The van der Waals surface area contributed by atoms with Crippen LogP contribution < -0.4 is 10.9 Å². The molecule has 1 N–H and O–H groups in total. The average Bonchev–Trinajstić information content (AvgIpc) is 2.63. The van der Waals surface area contributed by atoms with Gasteiger partial charge in [0.25, 0.3) is 11.5 Å². The molecule has 0 unspecified atom stereocenters. The molecule has 0 saturated carbocycles. The number of pyridine rings is 1. The summed E-state index contributed by atoms with van der Waals surface area (Å²) in [6.45, 7) is 0.924. The summed E-state index contributed by atoms with van der Waals surface area (Å²) >= 11 is 0. The molecule has 0 saturated heterocycles. The molecule has 1 amide bonds. The molecule has 0 aliphatic rings. The molecule has 6 nitrogen and oxygen atoms in total. The van der Waals surface area contributed by atoms with Gasteiger partial charge in [0.15, 0.2) is 0 Å². The van der Waals surface area contributed by atoms with E-state index in [9.17, 15) is 9.59 Å². The zero-order valence-corrected chi connectivity index (χ0v) is 12.9. The first kappa shape index (κ1) is 15.6. The van der Waals surface area contributed by atoms with Crippen LogP contribution in [0.15, 0.2) is 72.2 Å². The second-order valence-corrected chi connectivity index (χ2v) is 5.28. The molecular formula is C18H16N4O2. The average molecular weight is 320 g/mol. The molecule has 0 bridgehead atoms. The molecular weight excluding hydrogens is 304 g/mol. The third-order valence-corrected chi connectivity index (χ3v) is 3.55. The molecule has 2 aromatic heterocycles. The first-order valence-corrected chi connectivity index (χ1v) is 7.49. The minimum atomic E-state index is -0.157. The molecule has 3 aromatic rings. The third kappa shape index (κ3) is 3.92. The maximum Gasteiger partial charge on any atom is 0.269 e. The van der Waals surface area contributed by atoms with E-state index in [0.717, 1.165) is 11.1 Å². The Balaban J connectivity index is 1.60. The van der Waals surface area contributed by atoms with Crippen LogP contribution in [0.4, 0.5) is 0 Å². The second-order valence-electron chi connectivity index (χ2n) is 5.28. The fraction of sp³-hybridized carbons (Fsp3) is 0.111. The Bertz CT molecular complexity index is 873. The lowest BCUT2D eigenvalue weighted by atomic mass is 10.1. The zero-order chi connectivity index (χ0) is 16.8. The lowest BCUT2D eigenvalue weighted by molar-refractivity contribution is 0.0950. The molecule has 120 valence electrons. The Morgan fingerprint density at radius 3 is 2.46 bits per heavy atom. The van der Waals surface area contributed by atoms with E-state index in [1.807, 2.05) is 24.3 Å². The summed E-state index contributed by atoms with van der Waals surface area (Å²) in [6.07, 6.45) is 7.70. The highest BCUT2D eigenvalue weighted by atomic mass is 16.1. The van der Waals surface area contributed by atoms with Crippen molar-refractivity contribution in [1.29, 1.82) is 0 Å². The summed E-state index contributed by atoms with van der Waals surface area (Å²) in [4.78, 5) is 31.3. The van der Waals surface area contributed by atoms with Crippen molar-refractivity contribution < 1.29 is 4.79 Å². The van der Waals surface area contributed by atoms with E-state index in [0.29, 0.717) is 18.7 Å². The zero-order valence-electron chi connectivity index (χ0n) is 12.9. The lowest BCUT2D eigenvalue weighted by Crippen LogP contribution is -2.23. The van der Waals surface area contributed by atoms with Crippen LogP contribution in [0, 0.1) is 0 Å². The fourth-order valence-corrected chi connectivity index (χ4v) is 2.24. The van der Waals surface area contributed by atoms with Crippen LogP contribution >= 0.6 is 0 Å². The number of aromatic nitrogens is 3. The summed E-state index contributed by atoms with van der Waals surface area (Å²) in [5.41, 5.74) is 2.39. The smallest absolute Gasteiger partial charge is 0.269 e. The highest BCUT2D eigenvalue weighted by Crippen LogP contribution is 2.06. The number of hydrogen-bond acceptors (Lipinski definition) is 4. The van der Waals surface area contributed by atoms with Crippen LogP contribution in [0.3, 0.4) is 0 Å².